The van der Waals surface area contributed by atoms with Crippen LogP contribution >= 0.6 is 11.6 Å². The molecule has 2 aromatic carbocycles. The molecule has 0 spiro atoms. The van der Waals surface area contributed by atoms with E-state index in [2.05, 4.69) is 22.7 Å². The SMILES string of the molecule is [CH2]C(O)C[C@@H](COC(=O)Nc1cc2cc(F)ccc2cn1)N(NCc1cccc(F)c1Cl)C(C)=O. The lowest BCUT2D eigenvalue weighted by molar-refractivity contribution is -0.137. The van der Waals surface area contributed by atoms with Gasteiger partial charge in [-0.3, -0.25) is 15.1 Å². The Morgan fingerprint density at radius 3 is 2.71 bits per heavy atom. The van der Waals surface area contributed by atoms with Crippen molar-refractivity contribution in [2.45, 2.75) is 32.0 Å². The van der Waals surface area contributed by atoms with E-state index in [-0.39, 0.29) is 30.4 Å². The van der Waals surface area contributed by atoms with Crippen LogP contribution in [0.3, 0.4) is 0 Å². The fraction of sp³-hybridized carbons (Fsp3) is 0.250. The predicted octanol–water partition coefficient (Wildman–Crippen LogP) is 4.22. The Balaban J connectivity index is 1.66. The fourth-order valence-electron chi connectivity index (χ4n) is 3.41. The molecule has 0 bridgehead atoms. The highest BCUT2D eigenvalue weighted by atomic mass is 35.5. The number of aliphatic hydroxyl groups is 1. The molecule has 3 aromatic rings. The van der Waals surface area contributed by atoms with Gasteiger partial charge in [0.15, 0.2) is 0 Å². The summed E-state index contributed by atoms with van der Waals surface area (Å²) >= 11 is 5.97. The highest BCUT2D eigenvalue weighted by Gasteiger charge is 2.25. The van der Waals surface area contributed by atoms with Crippen LogP contribution in [0.25, 0.3) is 10.8 Å². The first-order valence-corrected chi connectivity index (χ1v) is 11.0. The van der Waals surface area contributed by atoms with Crippen LogP contribution in [0.5, 0.6) is 0 Å². The van der Waals surface area contributed by atoms with Gasteiger partial charge in [-0.1, -0.05) is 23.7 Å². The van der Waals surface area contributed by atoms with Crippen molar-refractivity contribution in [1.29, 1.82) is 0 Å². The first-order valence-electron chi connectivity index (χ1n) is 10.6. The van der Waals surface area contributed by atoms with Gasteiger partial charge >= 0.3 is 6.09 Å². The average Bonchev–Trinajstić information content (AvgIpc) is 2.79. The van der Waals surface area contributed by atoms with Crippen molar-refractivity contribution in [2.75, 3.05) is 11.9 Å². The highest BCUT2D eigenvalue weighted by molar-refractivity contribution is 6.31. The van der Waals surface area contributed by atoms with Crippen LogP contribution < -0.4 is 10.7 Å². The second-order valence-corrected chi connectivity index (χ2v) is 8.14. The Labute approximate surface area is 205 Å². The molecule has 1 unspecified atom stereocenters. The molecular formula is C24H24ClF2N4O4. The largest absolute Gasteiger partial charge is 0.447 e. The second-order valence-electron chi connectivity index (χ2n) is 7.76. The summed E-state index contributed by atoms with van der Waals surface area (Å²) in [6.07, 6.45) is -0.478. The number of hydrogen-bond donors (Lipinski definition) is 3. The molecule has 11 heteroatoms. The van der Waals surface area contributed by atoms with Crippen molar-refractivity contribution in [1.82, 2.24) is 15.4 Å². The topological polar surface area (TPSA) is 104 Å². The Kier molecular flexibility index (Phi) is 8.91. The second kappa shape index (κ2) is 11.9. The summed E-state index contributed by atoms with van der Waals surface area (Å²) in [4.78, 5) is 28.7. The molecule has 35 heavy (non-hydrogen) atoms. The van der Waals surface area contributed by atoms with Gasteiger partial charge < -0.3 is 9.84 Å². The van der Waals surface area contributed by atoms with Crippen molar-refractivity contribution in [3.63, 3.8) is 0 Å². The number of ether oxygens (including phenoxy) is 1. The number of anilines is 1. The number of halogens is 3. The molecular weight excluding hydrogens is 482 g/mol. The van der Waals surface area contributed by atoms with Gasteiger partial charge in [-0.15, -0.1) is 0 Å². The third-order valence-electron chi connectivity index (χ3n) is 5.04. The normalized spacial score (nSPS) is 12.7. The number of nitrogens with one attached hydrogen (secondary N) is 2. The maximum atomic E-state index is 13.7. The number of aromatic nitrogens is 1. The summed E-state index contributed by atoms with van der Waals surface area (Å²) in [7, 11) is 0. The Morgan fingerprint density at radius 2 is 2.00 bits per heavy atom. The molecule has 0 saturated carbocycles. The van der Waals surface area contributed by atoms with Crippen molar-refractivity contribution in [3.8, 4) is 0 Å². The van der Waals surface area contributed by atoms with Crippen LogP contribution in [0.15, 0.2) is 48.7 Å². The third-order valence-corrected chi connectivity index (χ3v) is 5.46. The minimum absolute atomic E-state index is 0.00365. The van der Waals surface area contributed by atoms with E-state index in [0.29, 0.717) is 16.3 Å². The molecule has 0 fully saturated rings. The van der Waals surface area contributed by atoms with Gasteiger partial charge in [-0.2, -0.15) is 0 Å². The van der Waals surface area contributed by atoms with E-state index in [9.17, 15) is 23.5 Å². The van der Waals surface area contributed by atoms with E-state index in [4.69, 9.17) is 16.3 Å². The number of amides is 2. The molecule has 2 atom stereocenters. The Morgan fingerprint density at radius 1 is 1.23 bits per heavy atom. The zero-order chi connectivity index (χ0) is 25.5. The van der Waals surface area contributed by atoms with Crippen LogP contribution in [0.4, 0.5) is 19.4 Å². The van der Waals surface area contributed by atoms with Crippen LogP contribution in [-0.2, 0) is 16.1 Å². The van der Waals surface area contributed by atoms with Crippen LogP contribution in [-0.4, -0.2) is 45.9 Å². The highest BCUT2D eigenvalue weighted by Crippen LogP contribution is 2.20. The number of benzene rings is 2. The third kappa shape index (κ3) is 7.32. The van der Waals surface area contributed by atoms with Gasteiger partial charge in [0.25, 0.3) is 0 Å². The first-order chi connectivity index (χ1) is 16.6. The molecule has 1 aromatic heterocycles. The number of fused-ring (bicyclic) bond motifs is 1. The molecule has 1 heterocycles. The van der Waals surface area contributed by atoms with Gasteiger partial charge in [0.05, 0.1) is 17.2 Å². The molecule has 0 saturated heterocycles. The van der Waals surface area contributed by atoms with E-state index in [0.717, 1.165) is 0 Å². The summed E-state index contributed by atoms with van der Waals surface area (Å²) in [5.74, 6) is -1.33. The number of pyridine rings is 1. The minimum Gasteiger partial charge on any atom is -0.447 e. The molecule has 3 N–H and O–H groups in total. The van der Waals surface area contributed by atoms with Crippen molar-refractivity contribution in [3.05, 3.63) is 77.8 Å². The molecule has 0 aliphatic carbocycles. The summed E-state index contributed by atoms with van der Waals surface area (Å²) in [6, 6.07) is 9.14. The van der Waals surface area contributed by atoms with E-state index >= 15 is 0 Å². The number of carbonyl (C=O) groups excluding carboxylic acids is 2. The number of rotatable bonds is 9. The van der Waals surface area contributed by atoms with E-state index in [1.807, 2.05) is 0 Å². The number of aliphatic hydroxyl groups excluding tert-OH is 1. The molecule has 0 aliphatic heterocycles. The summed E-state index contributed by atoms with van der Waals surface area (Å²) in [5, 5.41) is 14.6. The summed E-state index contributed by atoms with van der Waals surface area (Å²) < 4.78 is 32.4. The van der Waals surface area contributed by atoms with Gasteiger partial charge in [-0.05, 0) is 54.6 Å². The average molecular weight is 506 g/mol. The van der Waals surface area contributed by atoms with Crippen molar-refractivity contribution in [2.24, 2.45) is 0 Å². The molecule has 2 amide bonds. The zero-order valence-electron chi connectivity index (χ0n) is 18.8. The van der Waals surface area contributed by atoms with Crippen molar-refractivity contribution < 1.29 is 28.2 Å². The zero-order valence-corrected chi connectivity index (χ0v) is 19.6. The minimum atomic E-state index is -1.06. The number of nitrogens with zero attached hydrogens (tertiary/aromatic N) is 2. The molecule has 8 nitrogen and oxygen atoms in total. The monoisotopic (exact) mass is 505 g/mol. The van der Waals surface area contributed by atoms with Crippen molar-refractivity contribution >= 4 is 40.2 Å². The van der Waals surface area contributed by atoms with E-state index in [1.165, 1.54) is 48.5 Å². The van der Waals surface area contributed by atoms with Gasteiger partial charge in [-0.25, -0.2) is 24.0 Å². The summed E-state index contributed by atoms with van der Waals surface area (Å²) in [6.45, 7) is 4.50. The van der Waals surface area contributed by atoms with Gasteiger partial charge in [0.2, 0.25) is 5.91 Å². The Hall–Kier alpha value is -3.34. The lowest BCUT2D eigenvalue weighted by Crippen LogP contribution is -2.51. The number of hydrazine groups is 1. The number of carbonyl (C=O) groups is 2. The van der Waals surface area contributed by atoms with E-state index < -0.39 is 35.8 Å². The predicted molar refractivity (Wildman–Crippen MR) is 127 cm³/mol. The summed E-state index contributed by atoms with van der Waals surface area (Å²) in [5.41, 5.74) is 3.25. The standard InChI is InChI=1S/C24H24ClF2N4O4/c1-14(32)8-20(31(15(2)33)29-12-17-4-3-5-21(27)23(17)25)13-35-24(34)30-22-10-18-9-19(26)7-6-16(18)11-28-22/h3-7,9-11,14,20,29,32H,1,8,12-13H2,2H3,(H,28,30,34)/t14?,20-/m0/s1. The number of hydrogen-bond acceptors (Lipinski definition) is 6. The fourth-order valence-corrected chi connectivity index (χ4v) is 3.60. The van der Waals surface area contributed by atoms with Crippen LogP contribution in [0.1, 0.15) is 18.9 Å². The molecule has 0 aliphatic rings. The smallest absolute Gasteiger partial charge is 0.412 e. The van der Waals surface area contributed by atoms with Crippen LogP contribution in [0, 0.1) is 18.6 Å². The van der Waals surface area contributed by atoms with Gasteiger partial charge in [0, 0.05) is 25.1 Å². The molecule has 185 valence electrons. The quantitative estimate of drug-likeness (QED) is 0.376. The molecule has 1 radical (unpaired) electrons. The molecule has 3 rings (SSSR count). The van der Waals surface area contributed by atoms with Crippen LogP contribution in [0.2, 0.25) is 5.02 Å². The maximum Gasteiger partial charge on any atom is 0.412 e. The van der Waals surface area contributed by atoms with Gasteiger partial charge in [0.1, 0.15) is 24.1 Å². The first kappa shape index (κ1) is 26.3. The van der Waals surface area contributed by atoms with E-state index in [1.54, 1.807) is 12.1 Å². The lowest BCUT2D eigenvalue weighted by atomic mass is 10.1. The Bertz CT molecular complexity index is 1210. The maximum absolute atomic E-state index is 13.7. The lowest BCUT2D eigenvalue weighted by Gasteiger charge is -2.32.